The van der Waals surface area contributed by atoms with Gasteiger partial charge in [-0.1, -0.05) is 48.9 Å². The summed E-state index contributed by atoms with van der Waals surface area (Å²) in [5.74, 6) is 1.05. The van der Waals surface area contributed by atoms with Gasteiger partial charge in [0.05, 0.1) is 28.9 Å². The highest BCUT2D eigenvalue weighted by molar-refractivity contribution is 6.36. The average Bonchev–Trinajstić information content (AvgIpc) is 3.64. The van der Waals surface area contributed by atoms with Crippen molar-refractivity contribution in [2.45, 2.75) is 51.6 Å². The number of hydrogen-bond donors (Lipinski definition) is 1. The zero-order valence-electron chi connectivity index (χ0n) is 30.4. The maximum absolute atomic E-state index is 13.1. The van der Waals surface area contributed by atoms with Crippen molar-refractivity contribution in [3.63, 3.8) is 0 Å². The zero-order chi connectivity index (χ0) is 35.8. The number of fused-ring (bicyclic) bond motifs is 2. The van der Waals surface area contributed by atoms with E-state index in [-0.39, 0.29) is 11.4 Å². The van der Waals surface area contributed by atoms with E-state index in [1.165, 1.54) is 12.5 Å². The van der Waals surface area contributed by atoms with Gasteiger partial charge in [0.15, 0.2) is 0 Å². The lowest BCUT2D eigenvalue weighted by molar-refractivity contribution is -0.126. The van der Waals surface area contributed by atoms with Crippen LogP contribution in [0.4, 0.5) is 11.5 Å². The van der Waals surface area contributed by atoms with Gasteiger partial charge in [0.1, 0.15) is 12.4 Å². The number of piperazine rings is 2. The van der Waals surface area contributed by atoms with Crippen LogP contribution in [-0.2, 0) is 17.8 Å². The van der Waals surface area contributed by atoms with E-state index in [2.05, 4.69) is 63.2 Å². The number of hydrogen-bond acceptors (Lipinski definition) is 10. The van der Waals surface area contributed by atoms with E-state index in [4.69, 9.17) is 31.6 Å². The van der Waals surface area contributed by atoms with Gasteiger partial charge in [0, 0.05) is 95.1 Å². The Kier molecular flexibility index (Phi) is 12.3. The largest absolute Gasteiger partial charge is 0.461 e. The maximum atomic E-state index is 13.1. The molecule has 12 heteroatoms. The minimum absolute atomic E-state index is 0.0327. The first-order valence-electron chi connectivity index (χ1n) is 18.4. The quantitative estimate of drug-likeness (QED) is 0.313. The normalized spacial score (nSPS) is 21.4. The van der Waals surface area contributed by atoms with Gasteiger partial charge in [-0.2, -0.15) is 15.2 Å². The number of nitrogens with one attached hydrogen (secondary N) is 1. The summed E-state index contributed by atoms with van der Waals surface area (Å²) in [5.41, 5.74) is 3.27. The average molecular weight is 714 g/mol. The molecular weight excluding hydrogens is 662 g/mol. The molecule has 51 heavy (non-hydrogen) atoms. The van der Waals surface area contributed by atoms with Crippen LogP contribution in [0.3, 0.4) is 0 Å². The molecule has 7 rings (SSSR count). The minimum Gasteiger partial charge on any atom is -0.461 e. The predicted octanol–water partition coefficient (Wildman–Crippen LogP) is 4.74. The van der Waals surface area contributed by atoms with Crippen LogP contribution in [0.1, 0.15) is 44.4 Å². The number of benzene rings is 2. The Bertz CT molecular complexity index is 1720. The number of nitriles is 1. The molecular formula is C39H52ClN9O2. The standard InChI is InChI=1S/C37H49ClN8O2.C2H3N/c1-3-37(14-7-15-39-37)27-48-36-40-31-26-46(32-11-5-9-28-8-4-10-30(38)34(28)32)17-13-29(31)35(41-36)45-24-22-44(23-25-45)33(47)12-6-16-43-20-18-42(2)19-21-43;1-2-3/h4-6,8-12,39H,3,7,13-27H2,1-2H3;1H3/b12-6+;. The molecule has 0 radical (unpaired) electrons. The van der Waals surface area contributed by atoms with Crippen molar-refractivity contribution >= 4 is 39.8 Å². The Morgan fingerprint density at radius 2 is 1.78 bits per heavy atom. The minimum atomic E-state index is -0.0327. The molecule has 1 N–H and O–H groups in total. The van der Waals surface area contributed by atoms with E-state index in [9.17, 15) is 4.79 Å². The molecule has 1 atom stereocenters. The molecule has 0 aliphatic carbocycles. The molecule has 0 bridgehead atoms. The molecule has 1 amide bonds. The third kappa shape index (κ3) is 8.75. The van der Waals surface area contributed by atoms with E-state index < -0.39 is 0 Å². The van der Waals surface area contributed by atoms with E-state index >= 15 is 0 Å². The molecule has 0 saturated carbocycles. The third-order valence-corrected chi connectivity index (χ3v) is 11.1. The summed E-state index contributed by atoms with van der Waals surface area (Å²) >= 11 is 6.75. The van der Waals surface area contributed by atoms with Crippen LogP contribution >= 0.6 is 11.6 Å². The number of carbonyl (C=O) groups is 1. The number of halogens is 1. The van der Waals surface area contributed by atoms with Crippen LogP contribution in [0.5, 0.6) is 6.01 Å². The summed E-state index contributed by atoms with van der Waals surface area (Å²) < 4.78 is 6.44. The summed E-state index contributed by atoms with van der Waals surface area (Å²) in [4.78, 5) is 34.7. The van der Waals surface area contributed by atoms with E-state index in [1.807, 2.05) is 23.1 Å². The summed E-state index contributed by atoms with van der Waals surface area (Å²) in [7, 11) is 2.16. The molecule has 3 saturated heterocycles. The fourth-order valence-corrected chi connectivity index (χ4v) is 7.91. The van der Waals surface area contributed by atoms with Gasteiger partial charge in [-0.05, 0) is 56.8 Å². The van der Waals surface area contributed by atoms with Gasteiger partial charge in [-0.25, -0.2) is 0 Å². The molecule has 1 aromatic heterocycles. The molecule has 1 unspecified atom stereocenters. The molecule has 11 nitrogen and oxygen atoms in total. The van der Waals surface area contributed by atoms with Crippen LogP contribution in [0.15, 0.2) is 48.6 Å². The highest BCUT2D eigenvalue weighted by atomic mass is 35.5. The van der Waals surface area contributed by atoms with Crippen LogP contribution < -0.4 is 19.9 Å². The Morgan fingerprint density at radius 3 is 2.49 bits per heavy atom. The molecule has 4 aliphatic heterocycles. The number of anilines is 2. The lowest BCUT2D eigenvalue weighted by atomic mass is 9.95. The van der Waals surface area contributed by atoms with Gasteiger partial charge in [0.2, 0.25) is 5.91 Å². The smallest absolute Gasteiger partial charge is 0.318 e. The Hall–Kier alpha value is -3.95. The molecule has 5 heterocycles. The lowest BCUT2D eigenvalue weighted by Crippen LogP contribution is -2.49. The van der Waals surface area contributed by atoms with Gasteiger partial charge >= 0.3 is 6.01 Å². The van der Waals surface area contributed by atoms with Gasteiger partial charge in [-0.3, -0.25) is 9.69 Å². The fourth-order valence-electron chi connectivity index (χ4n) is 7.64. The lowest BCUT2D eigenvalue weighted by Gasteiger charge is -2.38. The number of ether oxygens (including phenoxy) is 1. The van der Waals surface area contributed by atoms with Crippen molar-refractivity contribution in [1.82, 2.24) is 30.0 Å². The molecule has 272 valence electrons. The molecule has 3 aromatic rings. The SMILES string of the molecule is CC#N.CCC1(COc2nc3c(c(N4CCN(C(=O)/C=C/CN5CCN(C)CC5)CC4)n2)CCN(c2cccc4cccc(Cl)c24)C3)CCCN1. The molecule has 0 spiro atoms. The zero-order valence-corrected chi connectivity index (χ0v) is 31.2. The molecule has 4 aliphatic rings. The first-order chi connectivity index (χ1) is 24.8. The Morgan fingerprint density at radius 1 is 1.04 bits per heavy atom. The second-order valence-corrected chi connectivity index (χ2v) is 14.4. The van der Waals surface area contributed by atoms with Crippen molar-refractivity contribution in [1.29, 1.82) is 5.26 Å². The number of carbonyl (C=O) groups excluding carboxylic acids is 1. The highest BCUT2D eigenvalue weighted by Gasteiger charge is 2.34. The van der Waals surface area contributed by atoms with Crippen LogP contribution in [0.2, 0.25) is 5.02 Å². The summed E-state index contributed by atoms with van der Waals surface area (Å²) in [5, 5.41) is 14.0. The summed E-state index contributed by atoms with van der Waals surface area (Å²) in [6.07, 6.45) is 7.87. The van der Waals surface area contributed by atoms with Crippen molar-refractivity contribution in [3.05, 3.63) is 64.8 Å². The molecule has 3 fully saturated rings. The maximum Gasteiger partial charge on any atom is 0.318 e. The second-order valence-electron chi connectivity index (χ2n) is 14.0. The predicted molar refractivity (Wildman–Crippen MR) is 205 cm³/mol. The number of aromatic nitrogens is 2. The first kappa shape index (κ1) is 36.8. The van der Waals surface area contributed by atoms with Gasteiger partial charge < -0.3 is 29.7 Å². The fraction of sp³-hybridized carbons (Fsp3) is 0.538. The number of nitrogens with zero attached hydrogens (tertiary/aromatic N) is 8. The topological polar surface area (TPSA) is 104 Å². The van der Waals surface area contributed by atoms with E-state index in [1.54, 1.807) is 12.1 Å². The van der Waals surface area contributed by atoms with E-state index in [0.29, 0.717) is 32.3 Å². The third-order valence-electron chi connectivity index (χ3n) is 10.8. The van der Waals surface area contributed by atoms with Crippen LogP contribution in [0, 0.1) is 11.3 Å². The Labute approximate surface area is 307 Å². The number of likely N-dealkylation sites (N-methyl/N-ethyl adjacent to an activating group) is 1. The summed E-state index contributed by atoms with van der Waals surface area (Å²) in [6.45, 7) is 14.6. The number of rotatable bonds is 9. The van der Waals surface area contributed by atoms with Crippen molar-refractivity contribution in [3.8, 4) is 12.1 Å². The molecule has 2 aromatic carbocycles. The second kappa shape index (κ2) is 17.0. The number of amides is 1. The summed E-state index contributed by atoms with van der Waals surface area (Å²) in [6, 6.07) is 14.6. The highest BCUT2D eigenvalue weighted by Crippen LogP contribution is 2.37. The first-order valence-corrected chi connectivity index (χ1v) is 18.8. The van der Waals surface area contributed by atoms with Crippen LogP contribution in [0.25, 0.3) is 10.8 Å². The van der Waals surface area contributed by atoms with E-state index in [0.717, 1.165) is 118 Å². The van der Waals surface area contributed by atoms with Crippen molar-refractivity contribution < 1.29 is 9.53 Å². The van der Waals surface area contributed by atoms with Crippen molar-refractivity contribution in [2.24, 2.45) is 0 Å². The van der Waals surface area contributed by atoms with Crippen molar-refractivity contribution in [2.75, 3.05) is 95.4 Å². The Balaban J connectivity index is 0.00000144. The van der Waals surface area contributed by atoms with Crippen LogP contribution in [-0.4, -0.2) is 122 Å². The van der Waals surface area contributed by atoms with Gasteiger partial charge in [0.25, 0.3) is 0 Å². The monoisotopic (exact) mass is 713 g/mol. The van der Waals surface area contributed by atoms with Gasteiger partial charge in [-0.15, -0.1) is 0 Å².